The molecule has 0 aliphatic heterocycles. The molecule has 0 N–H and O–H groups in total. The lowest BCUT2D eigenvalue weighted by molar-refractivity contribution is -0.303. The molecule has 0 radical (unpaired) electrons. The van der Waals surface area contributed by atoms with Crippen molar-refractivity contribution in [3.05, 3.63) is 0 Å². The molecule has 0 bridgehead atoms. The van der Waals surface area contributed by atoms with E-state index in [1.807, 2.05) is 0 Å². The molecule has 0 saturated carbocycles. The Morgan fingerprint density at radius 2 is 2.20 bits per heavy atom. The molecule has 0 aromatic heterocycles. The number of hydrogen-bond acceptors (Lipinski definition) is 5. The molecule has 0 fully saturated rings. The van der Waals surface area contributed by atoms with Crippen LogP contribution >= 0.6 is 7.60 Å². The molecule has 0 spiro atoms. The molecule has 0 aromatic carbocycles. The molecule has 6 heteroatoms. The maximum absolute atomic E-state index is 10.4. The molecule has 0 aliphatic carbocycles. The highest BCUT2D eigenvalue weighted by Gasteiger charge is 2.06. The van der Waals surface area contributed by atoms with Crippen LogP contribution in [-0.2, 0) is 13.9 Å². The first-order valence-electron chi connectivity index (χ1n) is 2.62. The number of carbonyl (C=O) groups excluding carboxylic acids is 1. The van der Waals surface area contributed by atoms with Gasteiger partial charge in [0, 0.05) is 5.97 Å². The SMILES string of the molecule is CCOP(=O)([O-])CC(=O)[O-]. The van der Waals surface area contributed by atoms with Gasteiger partial charge in [0.1, 0.15) is 7.60 Å². The van der Waals surface area contributed by atoms with Crippen LogP contribution in [0.3, 0.4) is 0 Å². The Hall–Kier alpha value is -0.380. The highest BCUT2D eigenvalue weighted by atomic mass is 31.2. The van der Waals surface area contributed by atoms with E-state index in [9.17, 15) is 19.4 Å². The first-order valence-corrected chi connectivity index (χ1v) is 4.35. The molecule has 1 unspecified atom stereocenters. The molecule has 0 aromatic rings. The Morgan fingerprint density at radius 1 is 1.70 bits per heavy atom. The molecule has 1 atom stereocenters. The van der Waals surface area contributed by atoms with E-state index in [2.05, 4.69) is 4.52 Å². The normalized spacial score (nSPS) is 16.2. The summed E-state index contributed by atoms with van der Waals surface area (Å²) in [4.78, 5) is 20.2. The minimum atomic E-state index is -4.16. The first kappa shape index (κ1) is 9.62. The van der Waals surface area contributed by atoms with Gasteiger partial charge in [-0.2, -0.15) is 0 Å². The number of carbonyl (C=O) groups is 1. The summed E-state index contributed by atoms with van der Waals surface area (Å²) in [5, 5.41) is 9.73. The van der Waals surface area contributed by atoms with E-state index in [1.54, 1.807) is 0 Å². The third-order valence-corrected chi connectivity index (χ3v) is 1.95. The van der Waals surface area contributed by atoms with Crippen molar-refractivity contribution in [2.45, 2.75) is 6.92 Å². The molecule has 10 heavy (non-hydrogen) atoms. The summed E-state index contributed by atoms with van der Waals surface area (Å²) < 4.78 is 14.5. The van der Waals surface area contributed by atoms with Crippen molar-refractivity contribution in [1.29, 1.82) is 0 Å². The van der Waals surface area contributed by atoms with Crippen LogP contribution in [0.25, 0.3) is 0 Å². The van der Waals surface area contributed by atoms with Crippen molar-refractivity contribution in [2.75, 3.05) is 12.8 Å². The summed E-state index contributed by atoms with van der Waals surface area (Å²) in [7, 11) is -4.16. The Bertz CT molecular complexity index is 165. The van der Waals surface area contributed by atoms with Crippen LogP contribution in [0.5, 0.6) is 0 Å². The van der Waals surface area contributed by atoms with E-state index < -0.39 is 19.7 Å². The van der Waals surface area contributed by atoms with Crippen LogP contribution in [0.2, 0.25) is 0 Å². The second-order valence-electron chi connectivity index (χ2n) is 1.56. The summed E-state index contributed by atoms with van der Waals surface area (Å²) >= 11 is 0. The fourth-order valence-electron chi connectivity index (χ4n) is 0.400. The lowest BCUT2D eigenvalue weighted by atomic mass is 10.8. The van der Waals surface area contributed by atoms with Crippen LogP contribution in [0.4, 0.5) is 0 Å². The van der Waals surface area contributed by atoms with Gasteiger partial charge in [0.15, 0.2) is 0 Å². The fourth-order valence-corrected chi connectivity index (χ4v) is 1.20. The van der Waals surface area contributed by atoms with Crippen molar-refractivity contribution in [1.82, 2.24) is 0 Å². The van der Waals surface area contributed by atoms with E-state index in [0.717, 1.165) is 0 Å². The average Bonchev–Trinajstić information content (AvgIpc) is 1.59. The van der Waals surface area contributed by atoms with Gasteiger partial charge in [0.05, 0.1) is 12.8 Å². The minimum absolute atomic E-state index is 0.0476. The van der Waals surface area contributed by atoms with Crippen LogP contribution in [0.1, 0.15) is 6.92 Å². The van der Waals surface area contributed by atoms with Crippen LogP contribution < -0.4 is 10.00 Å². The Balaban J connectivity index is 3.87. The third kappa shape index (κ3) is 4.49. The van der Waals surface area contributed by atoms with Crippen molar-refractivity contribution >= 4 is 13.6 Å². The Labute approximate surface area is 58.2 Å². The maximum Gasteiger partial charge on any atom is 0.140 e. The van der Waals surface area contributed by atoms with Crippen molar-refractivity contribution in [3.8, 4) is 0 Å². The van der Waals surface area contributed by atoms with E-state index in [1.165, 1.54) is 6.92 Å². The quantitative estimate of drug-likeness (QED) is 0.465. The summed E-state index contributed by atoms with van der Waals surface area (Å²) in [6.07, 6.45) is -1.05. The molecule has 60 valence electrons. The van der Waals surface area contributed by atoms with Crippen molar-refractivity contribution in [3.63, 3.8) is 0 Å². The van der Waals surface area contributed by atoms with Gasteiger partial charge < -0.3 is 23.9 Å². The number of carboxylic acid groups (broad SMARTS) is 1. The van der Waals surface area contributed by atoms with Gasteiger partial charge in [0.25, 0.3) is 0 Å². The van der Waals surface area contributed by atoms with Crippen LogP contribution in [0, 0.1) is 0 Å². The first-order chi connectivity index (χ1) is 4.48. The third-order valence-electron chi connectivity index (χ3n) is 0.649. The van der Waals surface area contributed by atoms with Gasteiger partial charge >= 0.3 is 0 Å². The maximum atomic E-state index is 10.4. The molecular formula is C4H7O5P-2. The van der Waals surface area contributed by atoms with Gasteiger partial charge in [-0.05, 0) is 6.92 Å². The zero-order valence-corrected chi connectivity index (χ0v) is 6.30. The van der Waals surface area contributed by atoms with Crippen molar-refractivity contribution < 1.29 is 23.9 Å². The smallest absolute Gasteiger partial charge is 0.140 e. The van der Waals surface area contributed by atoms with Gasteiger partial charge in [0.2, 0.25) is 0 Å². The van der Waals surface area contributed by atoms with E-state index >= 15 is 0 Å². The van der Waals surface area contributed by atoms with Gasteiger partial charge in [-0.25, -0.2) is 0 Å². The lowest BCUT2D eigenvalue weighted by Gasteiger charge is -2.22. The summed E-state index contributed by atoms with van der Waals surface area (Å²) in [6, 6.07) is 0. The molecule has 0 rings (SSSR count). The predicted octanol–water partition coefficient (Wildman–Crippen LogP) is -1.67. The van der Waals surface area contributed by atoms with Gasteiger partial charge in [-0.1, -0.05) is 0 Å². The lowest BCUT2D eigenvalue weighted by Crippen LogP contribution is -2.29. The summed E-state index contributed by atoms with van der Waals surface area (Å²) in [5.74, 6) is -1.65. The second-order valence-corrected chi connectivity index (χ2v) is 3.36. The number of hydrogen-bond donors (Lipinski definition) is 0. The van der Waals surface area contributed by atoms with Gasteiger partial charge in [-0.15, -0.1) is 0 Å². The monoisotopic (exact) mass is 166 g/mol. The number of aliphatic carboxylic acids is 1. The van der Waals surface area contributed by atoms with E-state index in [-0.39, 0.29) is 6.61 Å². The molecular weight excluding hydrogens is 159 g/mol. The topological polar surface area (TPSA) is 89.5 Å². The Morgan fingerprint density at radius 3 is 2.50 bits per heavy atom. The highest BCUT2D eigenvalue weighted by Crippen LogP contribution is 2.35. The second kappa shape index (κ2) is 3.71. The van der Waals surface area contributed by atoms with Crippen molar-refractivity contribution in [2.24, 2.45) is 0 Å². The molecule has 0 amide bonds. The number of rotatable bonds is 4. The number of carboxylic acids is 1. The Kier molecular flexibility index (Phi) is 3.57. The average molecular weight is 166 g/mol. The molecule has 5 nitrogen and oxygen atoms in total. The summed E-state index contributed by atoms with van der Waals surface area (Å²) in [5.41, 5.74) is 0. The van der Waals surface area contributed by atoms with E-state index in [0.29, 0.717) is 0 Å². The standard InChI is InChI=1S/C4H9O5P/c1-2-9-10(7,8)3-4(5)6/h2-3H2,1H3,(H,5,6)(H,7,8)/p-2. The summed E-state index contributed by atoms with van der Waals surface area (Å²) in [6.45, 7) is 1.41. The molecule has 0 heterocycles. The van der Waals surface area contributed by atoms with Gasteiger partial charge in [-0.3, -0.25) is 0 Å². The van der Waals surface area contributed by atoms with E-state index in [4.69, 9.17) is 0 Å². The largest absolute Gasteiger partial charge is 0.778 e. The molecule has 0 saturated heterocycles. The van der Waals surface area contributed by atoms with Crippen LogP contribution in [-0.4, -0.2) is 18.7 Å². The highest BCUT2D eigenvalue weighted by molar-refractivity contribution is 7.52. The zero-order chi connectivity index (χ0) is 8.20. The predicted molar refractivity (Wildman–Crippen MR) is 29.1 cm³/mol. The minimum Gasteiger partial charge on any atom is -0.778 e. The molecule has 0 aliphatic rings. The van der Waals surface area contributed by atoms with Crippen LogP contribution in [0.15, 0.2) is 0 Å². The fraction of sp³-hybridized carbons (Fsp3) is 0.750. The zero-order valence-electron chi connectivity index (χ0n) is 5.40.